The Balaban J connectivity index is 2.71. The third-order valence-corrected chi connectivity index (χ3v) is 3.12. The van der Waals surface area contributed by atoms with Crippen LogP contribution in [-0.4, -0.2) is 36.6 Å². The van der Waals surface area contributed by atoms with Crippen LogP contribution in [0.2, 0.25) is 0 Å². The second-order valence-corrected chi connectivity index (χ2v) is 4.06. The normalized spacial score (nSPS) is 37.9. The molecular formula is C8H19N3. The van der Waals surface area contributed by atoms with Gasteiger partial charge in [-0.25, -0.2) is 0 Å². The highest BCUT2D eigenvalue weighted by Crippen LogP contribution is 2.29. The van der Waals surface area contributed by atoms with Crippen LogP contribution in [0.15, 0.2) is 0 Å². The lowest BCUT2D eigenvalue weighted by molar-refractivity contribution is 0.202. The van der Waals surface area contributed by atoms with Crippen LogP contribution >= 0.6 is 0 Å². The molecule has 1 heterocycles. The Kier molecular flexibility index (Phi) is 2.23. The number of hydrogen-bond donors (Lipinski definition) is 2. The Labute approximate surface area is 68.7 Å². The molecular weight excluding hydrogens is 138 g/mol. The summed E-state index contributed by atoms with van der Waals surface area (Å²) in [6.07, 6.45) is 0. The van der Waals surface area contributed by atoms with E-state index < -0.39 is 0 Å². The van der Waals surface area contributed by atoms with Crippen LogP contribution in [0.25, 0.3) is 0 Å². The van der Waals surface area contributed by atoms with Crippen molar-refractivity contribution >= 4 is 0 Å². The number of nitrogens with two attached hydrogens (primary N) is 2. The van der Waals surface area contributed by atoms with Gasteiger partial charge in [-0.3, -0.25) is 4.90 Å². The van der Waals surface area contributed by atoms with Crippen molar-refractivity contribution in [1.29, 1.82) is 0 Å². The molecule has 0 aliphatic carbocycles. The van der Waals surface area contributed by atoms with Crippen LogP contribution in [0.3, 0.4) is 0 Å². The predicted octanol–water partition coefficient (Wildman–Crippen LogP) is -0.387. The Morgan fingerprint density at radius 1 is 1.55 bits per heavy atom. The molecule has 0 bridgehead atoms. The average Bonchev–Trinajstić information content (AvgIpc) is 2.14. The van der Waals surface area contributed by atoms with E-state index in [-0.39, 0.29) is 11.6 Å². The van der Waals surface area contributed by atoms with Crippen LogP contribution in [0, 0.1) is 5.92 Å². The topological polar surface area (TPSA) is 55.3 Å². The van der Waals surface area contributed by atoms with Gasteiger partial charge in [-0.1, -0.05) is 0 Å². The standard InChI is InChI=1S/C8H19N3/c1-8(2)7(10)6(4-9)5-11(8)3/h6-7H,4-5,9-10H2,1-3H3. The Bertz CT molecular complexity index is 144. The summed E-state index contributed by atoms with van der Waals surface area (Å²) in [4.78, 5) is 2.29. The molecule has 1 fully saturated rings. The third-order valence-electron chi connectivity index (χ3n) is 3.12. The van der Waals surface area contributed by atoms with Gasteiger partial charge in [0.15, 0.2) is 0 Å². The maximum atomic E-state index is 6.04. The fourth-order valence-electron chi connectivity index (χ4n) is 1.75. The summed E-state index contributed by atoms with van der Waals surface area (Å²) in [6.45, 7) is 6.08. The lowest BCUT2D eigenvalue weighted by Gasteiger charge is -2.31. The molecule has 2 unspecified atom stereocenters. The highest BCUT2D eigenvalue weighted by molar-refractivity contribution is 5.01. The van der Waals surface area contributed by atoms with Crippen molar-refractivity contribution in [2.75, 3.05) is 20.1 Å². The van der Waals surface area contributed by atoms with Crippen LogP contribution in [0.5, 0.6) is 0 Å². The summed E-state index contributed by atoms with van der Waals surface area (Å²) >= 11 is 0. The highest BCUT2D eigenvalue weighted by atomic mass is 15.2. The molecule has 0 aromatic carbocycles. The van der Waals surface area contributed by atoms with Crippen LogP contribution in [0.1, 0.15) is 13.8 Å². The number of likely N-dealkylation sites (tertiary alicyclic amines) is 1. The first-order valence-corrected chi connectivity index (χ1v) is 4.17. The van der Waals surface area contributed by atoms with Gasteiger partial charge in [0, 0.05) is 24.0 Å². The third kappa shape index (κ3) is 1.28. The van der Waals surface area contributed by atoms with E-state index >= 15 is 0 Å². The van der Waals surface area contributed by atoms with Gasteiger partial charge in [-0.2, -0.15) is 0 Å². The van der Waals surface area contributed by atoms with E-state index in [0.717, 1.165) is 6.54 Å². The quantitative estimate of drug-likeness (QED) is 0.545. The zero-order valence-electron chi connectivity index (χ0n) is 7.67. The molecule has 66 valence electrons. The summed E-state index contributed by atoms with van der Waals surface area (Å²) in [5.41, 5.74) is 11.8. The lowest BCUT2D eigenvalue weighted by Crippen LogP contribution is -2.49. The molecule has 0 radical (unpaired) electrons. The molecule has 0 aromatic rings. The van der Waals surface area contributed by atoms with E-state index in [1.54, 1.807) is 0 Å². The number of likely N-dealkylation sites (N-methyl/N-ethyl adjacent to an activating group) is 1. The van der Waals surface area contributed by atoms with Crippen molar-refractivity contribution in [2.24, 2.45) is 17.4 Å². The van der Waals surface area contributed by atoms with Gasteiger partial charge in [0.25, 0.3) is 0 Å². The van der Waals surface area contributed by atoms with E-state index in [1.165, 1.54) is 0 Å². The molecule has 11 heavy (non-hydrogen) atoms. The average molecular weight is 157 g/mol. The molecule has 1 rings (SSSR count). The largest absolute Gasteiger partial charge is 0.330 e. The van der Waals surface area contributed by atoms with E-state index in [4.69, 9.17) is 11.5 Å². The van der Waals surface area contributed by atoms with Crippen LogP contribution in [0.4, 0.5) is 0 Å². The van der Waals surface area contributed by atoms with Crippen LogP contribution in [-0.2, 0) is 0 Å². The summed E-state index contributed by atoms with van der Waals surface area (Å²) in [5.74, 6) is 0.468. The highest BCUT2D eigenvalue weighted by Gasteiger charge is 2.42. The lowest BCUT2D eigenvalue weighted by atomic mass is 9.90. The monoisotopic (exact) mass is 157 g/mol. The fourth-order valence-corrected chi connectivity index (χ4v) is 1.75. The first-order chi connectivity index (χ1) is 5.00. The first-order valence-electron chi connectivity index (χ1n) is 4.17. The minimum absolute atomic E-state index is 0.115. The van der Waals surface area contributed by atoms with Crippen LogP contribution < -0.4 is 11.5 Å². The molecule has 0 spiro atoms. The molecule has 1 aliphatic heterocycles. The first kappa shape index (κ1) is 8.97. The number of rotatable bonds is 1. The van der Waals surface area contributed by atoms with Gasteiger partial charge in [-0.15, -0.1) is 0 Å². The predicted molar refractivity (Wildman–Crippen MR) is 47.2 cm³/mol. The van der Waals surface area contributed by atoms with E-state index in [2.05, 4.69) is 25.8 Å². The van der Waals surface area contributed by atoms with E-state index in [0.29, 0.717) is 12.5 Å². The summed E-state index contributed by atoms with van der Waals surface area (Å²) in [7, 11) is 2.11. The fraction of sp³-hybridized carbons (Fsp3) is 1.00. The second-order valence-electron chi connectivity index (χ2n) is 4.06. The van der Waals surface area contributed by atoms with Gasteiger partial charge < -0.3 is 11.5 Å². The summed E-state index contributed by atoms with van der Waals surface area (Å²) in [6, 6.07) is 0.220. The van der Waals surface area contributed by atoms with Gasteiger partial charge in [0.1, 0.15) is 0 Å². The van der Waals surface area contributed by atoms with E-state index in [1.807, 2.05) is 0 Å². The molecule has 0 saturated carbocycles. The van der Waals surface area contributed by atoms with Crippen molar-refractivity contribution in [2.45, 2.75) is 25.4 Å². The Hall–Kier alpha value is -0.120. The molecule has 1 aliphatic rings. The number of hydrogen-bond acceptors (Lipinski definition) is 3. The molecule has 3 heteroatoms. The molecule has 3 nitrogen and oxygen atoms in total. The Morgan fingerprint density at radius 3 is 2.27 bits per heavy atom. The van der Waals surface area contributed by atoms with Gasteiger partial charge in [0.2, 0.25) is 0 Å². The zero-order chi connectivity index (χ0) is 8.65. The molecule has 0 amide bonds. The summed E-state index contributed by atoms with van der Waals surface area (Å²) in [5, 5.41) is 0. The van der Waals surface area contributed by atoms with Gasteiger partial charge in [-0.05, 0) is 27.4 Å². The molecule has 2 atom stereocenters. The summed E-state index contributed by atoms with van der Waals surface area (Å²) < 4.78 is 0. The molecule has 0 aromatic heterocycles. The van der Waals surface area contributed by atoms with Gasteiger partial charge >= 0.3 is 0 Å². The molecule has 1 saturated heterocycles. The van der Waals surface area contributed by atoms with Crippen molar-refractivity contribution < 1.29 is 0 Å². The maximum Gasteiger partial charge on any atom is 0.0304 e. The van der Waals surface area contributed by atoms with Crippen molar-refractivity contribution in [1.82, 2.24) is 4.90 Å². The van der Waals surface area contributed by atoms with Crippen molar-refractivity contribution in [3.63, 3.8) is 0 Å². The zero-order valence-corrected chi connectivity index (χ0v) is 7.67. The minimum Gasteiger partial charge on any atom is -0.330 e. The SMILES string of the molecule is CN1CC(CN)C(N)C1(C)C. The van der Waals surface area contributed by atoms with Crippen molar-refractivity contribution in [3.05, 3.63) is 0 Å². The maximum absolute atomic E-state index is 6.04. The Morgan fingerprint density at radius 2 is 2.09 bits per heavy atom. The molecule has 4 N–H and O–H groups in total. The van der Waals surface area contributed by atoms with Crippen molar-refractivity contribution in [3.8, 4) is 0 Å². The van der Waals surface area contributed by atoms with E-state index in [9.17, 15) is 0 Å². The minimum atomic E-state index is 0.115. The second kappa shape index (κ2) is 2.73. The van der Waals surface area contributed by atoms with Gasteiger partial charge in [0.05, 0.1) is 0 Å². The smallest absolute Gasteiger partial charge is 0.0304 e. The number of nitrogens with zero attached hydrogens (tertiary/aromatic N) is 1.